The molecule has 21 heavy (non-hydrogen) atoms. The number of sulfonamides is 1. The minimum Gasteiger partial charge on any atom is -0.328 e. The van der Waals surface area contributed by atoms with Crippen molar-refractivity contribution in [3.05, 3.63) is 28.7 Å². The molecule has 3 heterocycles. The monoisotopic (exact) mass is 311 g/mol. The van der Waals surface area contributed by atoms with Gasteiger partial charge in [0.15, 0.2) is 0 Å². The fraction of sp³-hybridized carbons (Fsp3) is 0.643. The van der Waals surface area contributed by atoms with Crippen LogP contribution in [0.5, 0.6) is 0 Å². The molecule has 0 saturated carbocycles. The Labute approximate surface area is 124 Å². The average molecular weight is 311 g/mol. The summed E-state index contributed by atoms with van der Waals surface area (Å²) in [5.41, 5.74) is -0.290. The first-order valence-corrected chi connectivity index (χ1v) is 8.81. The van der Waals surface area contributed by atoms with Gasteiger partial charge in [0.2, 0.25) is 15.6 Å². The van der Waals surface area contributed by atoms with Gasteiger partial charge < -0.3 is 9.88 Å². The number of fused-ring (bicyclic) bond motifs is 1. The van der Waals surface area contributed by atoms with E-state index in [1.807, 2.05) is 0 Å². The summed E-state index contributed by atoms with van der Waals surface area (Å²) in [6, 6.07) is 3.14. The van der Waals surface area contributed by atoms with Crippen molar-refractivity contribution in [3.63, 3.8) is 0 Å². The fourth-order valence-electron chi connectivity index (χ4n) is 3.54. The number of hydrogen-bond acceptors (Lipinski definition) is 4. The Balaban J connectivity index is 1.81. The van der Waals surface area contributed by atoms with E-state index >= 15 is 0 Å². The van der Waals surface area contributed by atoms with Gasteiger partial charge in [0, 0.05) is 31.4 Å². The van der Waals surface area contributed by atoms with Crippen LogP contribution in [0.3, 0.4) is 0 Å². The maximum atomic E-state index is 12.6. The highest BCUT2D eigenvalue weighted by Gasteiger charge is 2.38. The number of aromatic nitrogens is 1. The lowest BCUT2D eigenvalue weighted by Gasteiger charge is -2.45. The van der Waals surface area contributed by atoms with E-state index in [4.69, 9.17) is 0 Å². The summed E-state index contributed by atoms with van der Waals surface area (Å²) < 4.78 is 26.9. The first-order valence-electron chi connectivity index (χ1n) is 7.37. The topological polar surface area (TPSA) is 73.5 Å². The maximum Gasteiger partial charge on any atom is 0.247 e. The number of aromatic amines is 1. The van der Waals surface area contributed by atoms with Crippen molar-refractivity contribution >= 4 is 10.0 Å². The van der Waals surface area contributed by atoms with E-state index in [-0.39, 0.29) is 10.5 Å². The van der Waals surface area contributed by atoms with Gasteiger partial charge in [0.1, 0.15) is 0 Å². The molecule has 0 bridgehead atoms. The van der Waals surface area contributed by atoms with Gasteiger partial charge in [0.25, 0.3) is 0 Å². The molecule has 0 spiro atoms. The van der Waals surface area contributed by atoms with Crippen LogP contribution in [0.4, 0.5) is 0 Å². The van der Waals surface area contributed by atoms with Crippen LogP contribution in [0.15, 0.2) is 28.0 Å². The van der Waals surface area contributed by atoms with Crippen LogP contribution >= 0.6 is 0 Å². The first-order chi connectivity index (χ1) is 9.98. The van der Waals surface area contributed by atoms with Gasteiger partial charge in [-0.2, -0.15) is 4.31 Å². The Morgan fingerprint density at radius 3 is 2.76 bits per heavy atom. The molecular weight excluding hydrogens is 290 g/mol. The van der Waals surface area contributed by atoms with E-state index in [0.29, 0.717) is 25.0 Å². The lowest BCUT2D eigenvalue weighted by Crippen LogP contribution is -2.53. The molecule has 2 aliphatic rings. The molecule has 116 valence electrons. The second kappa shape index (κ2) is 5.55. The number of nitrogens with zero attached hydrogens (tertiary/aromatic N) is 2. The molecule has 2 fully saturated rings. The van der Waals surface area contributed by atoms with Gasteiger partial charge in [-0.1, -0.05) is 0 Å². The number of H-pyrrole nitrogens is 1. The zero-order valence-electron chi connectivity index (χ0n) is 12.2. The van der Waals surface area contributed by atoms with Gasteiger partial charge in [-0.3, -0.25) is 4.79 Å². The second-order valence-corrected chi connectivity index (χ2v) is 7.93. The number of hydrogen-bond donors (Lipinski definition) is 1. The zero-order chi connectivity index (χ0) is 15.0. The van der Waals surface area contributed by atoms with Crippen molar-refractivity contribution in [2.24, 2.45) is 5.92 Å². The smallest absolute Gasteiger partial charge is 0.247 e. The molecule has 0 radical (unpaired) electrons. The van der Waals surface area contributed by atoms with Crippen molar-refractivity contribution < 1.29 is 8.42 Å². The molecule has 1 N–H and O–H groups in total. The predicted octanol–water partition coefficient (Wildman–Crippen LogP) is 0.480. The molecule has 0 amide bonds. The van der Waals surface area contributed by atoms with E-state index in [1.165, 1.54) is 18.3 Å². The number of nitrogens with one attached hydrogen (secondary N) is 1. The minimum atomic E-state index is -3.50. The molecule has 2 aliphatic heterocycles. The van der Waals surface area contributed by atoms with Gasteiger partial charge in [-0.25, -0.2) is 8.42 Å². The average Bonchev–Trinajstić information content (AvgIpc) is 2.47. The SMILES string of the molecule is CN1CCCC2CN(S(=O)(=O)c3ccc(=O)[nH]c3)CCC21. The number of pyridine rings is 1. The first kappa shape index (κ1) is 14.7. The van der Waals surface area contributed by atoms with Crippen molar-refractivity contribution in [1.82, 2.24) is 14.2 Å². The molecule has 0 aliphatic carbocycles. The summed E-state index contributed by atoms with van der Waals surface area (Å²) in [5.74, 6) is 0.412. The van der Waals surface area contributed by atoms with Crippen LogP contribution in [-0.4, -0.2) is 55.3 Å². The van der Waals surface area contributed by atoms with Crippen LogP contribution in [0.1, 0.15) is 19.3 Å². The summed E-state index contributed by atoms with van der Waals surface area (Å²) >= 11 is 0. The standard InChI is InChI=1S/C14H21N3O3S/c1-16-7-2-3-11-10-17(8-6-13(11)16)21(19,20)12-4-5-14(18)15-9-12/h4-5,9,11,13H,2-3,6-8,10H2,1H3,(H,15,18). The molecule has 1 aromatic rings. The number of rotatable bonds is 2. The number of piperidine rings is 2. The fourth-order valence-corrected chi connectivity index (χ4v) is 5.02. The van der Waals surface area contributed by atoms with Crippen LogP contribution in [0.25, 0.3) is 0 Å². The quantitative estimate of drug-likeness (QED) is 0.862. The molecule has 2 saturated heterocycles. The Morgan fingerprint density at radius 1 is 1.24 bits per heavy atom. The molecule has 6 nitrogen and oxygen atoms in total. The zero-order valence-corrected chi connectivity index (χ0v) is 13.0. The highest BCUT2D eigenvalue weighted by molar-refractivity contribution is 7.89. The maximum absolute atomic E-state index is 12.6. The van der Waals surface area contributed by atoms with Gasteiger partial charge in [-0.15, -0.1) is 0 Å². The summed E-state index contributed by atoms with van der Waals surface area (Å²) in [6.45, 7) is 2.23. The highest BCUT2D eigenvalue weighted by Crippen LogP contribution is 2.31. The third kappa shape index (κ3) is 2.77. The molecule has 7 heteroatoms. The molecule has 2 unspecified atom stereocenters. The van der Waals surface area contributed by atoms with Crippen molar-refractivity contribution in [2.75, 3.05) is 26.7 Å². The largest absolute Gasteiger partial charge is 0.328 e. The van der Waals surface area contributed by atoms with Crippen molar-refractivity contribution in [3.8, 4) is 0 Å². The molecule has 3 rings (SSSR count). The minimum absolute atomic E-state index is 0.171. The van der Waals surface area contributed by atoms with E-state index in [2.05, 4.69) is 16.9 Å². The molecular formula is C14H21N3O3S. The van der Waals surface area contributed by atoms with Gasteiger partial charge >= 0.3 is 0 Å². The van der Waals surface area contributed by atoms with Crippen LogP contribution in [-0.2, 0) is 10.0 Å². The van der Waals surface area contributed by atoms with Crippen LogP contribution in [0, 0.1) is 5.92 Å². The van der Waals surface area contributed by atoms with Crippen molar-refractivity contribution in [1.29, 1.82) is 0 Å². The summed E-state index contributed by atoms with van der Waals surface area (Å²) in [7, 11) is -1.37. The Morgan fingerprint density at radius 2 is 2.05 bits per heavy atom. The van der Waals surface area contributed by atoms with E-state index < -0.39 is 10.0 Å². The third-order valence-electron chi connectivity index (χ3n) is 4.70. The Kier molecular flexibility index (Phi) is 3.90. The highest BCUT2D eigenvalue weighted by atomic mass is 32.2. The van der Waals surface area contributed by atoms with Gasteiger partial charge in [-0.05, 0) is 44.8 Å². The van der Waals surface area contributed by atoms with Crippen molar-refractivity contribution in [2.45, 2.75) is 30.2 Å². The molecule has 1 aromatic heterocycles. The lowest BCUT2D eigenvalue weighted by atomic mass is 9.85. The van der Waals surface area contributed by atoms with E-state index in [9.17, 15) is 13.2 Å². The van der Waals surface area contributed by atoms with E-state index in [1.54, 1.807) is 4.31 Å². The predicted molar refractivity (Wildman–Crippen MR) is 79.6 cm³/mol. The Hall–Kier alpha value is -1.18. The third-order valence-corrected chi connectivity index (χ3v) is 6.56. The summed E-state index contributed by atoms with van der Waals surface area (Å²) in [4.78, 5) is 16.0. The number of likely N-dealkylation sites (tertiary alicyclic amines) is 1. The van der Waals surface area contributed by atoms with Gasteiger partial charge in [0.05, 0.1) is 4.90 Å². The van der Waals surface area contributed by atoms with E-state index in [0.717, 1.165) is 25.8 Å². The summed E-state index contributed by atoms with van der Waals surface area (Å²) in [5, 5.41) is 0. The lowest BCUT2D eigenvalue weighted by molar-refractivity contribution is 0.0671. The normalized spacial score (nSPS) is 28.2. The Bertz CT molecular complexity index is 650. The second-order valence-electron chi connectivity index (χ2n) is 5.99. The summed E-state index contributed by atoms with van der Waals surface area (Å²) in [6.07, 6.45) is 4.39. The molecule has 0 aromatic carbocycles. The van der Waals surface area contributed by atoms with Crippen LogP contribution in [0.2, 0.25) is 0 Å². The van der Waals surface area contributed by atoms with Crippen LogP contribution < -0.4 is 5.56 Å². The molecule has 2 atom stereocenters.